The molecule has 5 nitrogen and oxygen atoms in total. The van der Waals surface area contributed by atoms with Gasteiger partial charge < -0.3 is 14.2 Å². The van der Waals surface area contributed by atoms with E-state index in [2.05, 4.69) is 21.7 Å². The Bertz CT molecular complexity index is 999. The first-order valence-electron chi connectivity index (χ1n) is 10.0. The van der Waals surface area contributed by atoms with E-state index in [1.807, 2.05) is 35.5 Å². The molecule has 1 fully saturated rings. The number of carbonyl (C=O) groups excluding carboxylic acids is 1. The van der Waals surface area contributed by atoms with Gasteiger partial charge in [0.25, 0.3) is 5.91 Å². The van der Waals surface area contributed by atoms with Crippen molar-refractivity contribution < 1.29 is 9.53 Å². The zero-order valence-electron chi connectivity index (χ0n) is 16.5. The van der Waals surface area contributed by atoms with E-state index in [-0.39, 0.29) is 12.5 Å². The molecule has 0 saturated carbocycles. The minimum atomic E-state index is -0.0221. The molecule has 156 valence electrons. The number of imidazole rings is 1. The number of piperidine rings is 1. The van der Waals surface area contributed by atoms with Crippen molar-refractivity contribution in [2.75, 3.05) is 19.7 Å². The molecule has 0 spiro atoms. The van der Waals surface area contributed by atoms with E-state index in [4.69, 9.17) is 27.9 Å². The average molecular weight is 444 g/mol. The molecule has 0 aliphatic carbocycles. The second-order valence-electron chi connectivity index (χ2n) is 7.46. The zero-order valence-corrected chi connectivity index (χ0v) is 18.0. The molecule has 2 heterocycles. The number of rotatable bonds is 6. The SMILES string of the molecule is O=C(COc1ccc(Cl)cc1Cl)N1CCC(Cn2ccnc2-c2ccccc2)CC1. The molecule has 0 atom stereocenters. The molecule has 4 rings (SSSR count). The van der Waals surface area contributed by atoms with Gasteiger partial charge in [0.2, 0.25) is 0 Å². The van der Waals surface area contributed by atoms with Crippen LogP contribution in [0.2, 0.25) is 10.0 Å². The smallest absolute Gasteiger partial charge is 0.260 e. The van der Waals surface area contributed by atoms with Crippen LogP contribution in [0.5, 0.6) is 5.75 Å². The van der Waals surface area contributed by atoms with Crippen LogP contribution in [0, 0.1) is 5.92 Å². The molecule has 0 N–H and O–H groups in total. The second-order valence-corrected chi connectivity index (χ2v) is 8.30. The maximum Gasteiger partial charge on any atom is 0.260 e. The number of halogens is 2. The lowest BCUT2D eigenvalue weighted by Crippen LogP contribution is -2.41. The summed E-state index contributed by atoms with van der Waals surface area (Å²) >= 11 is 12.0. The predicted molar refractivity (Wildman–Crippen MR) is 119 cm³/mol. The van der Waals surface area contributed by atoms with Crippen LogP contribution in [0.25, 0.3) is 11.4 Å². The standard InChI is InChI=1S/C23H23Cl2N3O2/c24-19-6-7-21(20(25)14-19)30-16-22(29)27-11-8-17(9-12-27)15-28-13-10-26-23(28)18-4-2-1-3-5-18/h1-7,10,13-14,17H,8-9,11-12,15-16H2. The number of hydrogen-bond acceptors (Lipinski definition) is 3. The molecule has 1 aliphatic rings. The van der Waals surface area contributed by atoms with E-state index in [0.29, 0.717) is 21.7 Å². The number of amides is 1. The van der Waals surface area contributed by atoms with Gasteiger partial charge in [-0.15, -0.1) is 0 Å². The normalized spacial score (nSPS) is 14.7. The van der Waals surface area contributed by atoms with Crippen LogP contribution in [0.4, 0.5) is 0 Å². The summed E-state index contributed by atoms with van der Waals surface area (Å²) in [7, 11) is 0. The highest BCUT2D eigenvalue weighted by atomic mass is 35.5. The molecule has 1 aromatic heterocycles. The van der Waals surface area contributed by atoms with Crippen molar-refractivity contribution in [2.45, 2.75) is 19.4 Å². The molecule has 1 aliphatic heterocycles. The van der Waals surface area contributed by atoms with Crippen LogP contribution >= 0.6 is 23.2 Å². The van der Waals surface area contributed by atoms with Gasteiger partial charge in [-0.05, 0) is 37.0 Å². The lowest BCUT2D eigenvalue weighted by atomic mass is 9.96. The number of likely N-dealkylation sites (tertiary alicyclic amines) is 1. The minimum Gasteiger partial charge on any atom is -0.482 e. The van der Waals surface area contributed by atoms with Crippen molar-refractivity contribution in [3.8, 4) is 17.1 Å². The Hall–Kier alpha value is -2.50. The maximum absolute atomic E-state index is 12.5. The lowest BCUT2D eigenvalue weighted by Gasteiger charge is -2.32. The summed E-state index contributed by atoms with van der Waals surface area (Å²) in [6.45, 7) is 2.35. The second kappa shape index (κ2) is 9.54. The van der Waals surface area contributed by atoms with Gasteiger partial charge in [-0.3, -0.25) is 4.79 Å². The molecule has 7 heteroatoms. The van der Waals surface area contributed by atoms with Gasteiger partial charge in [-0.25, -0.2) is 4.98 Å². The highest BCUT2D eigenvalue weighted by Crippen LogP contribution is 2.28. The average Bonchev–Trinajstić information content (AvgIpc) is 3.22. The van der Waals surface area contributed by atoms with Gasteiger partial charge >= 0.3 is 0 Å². The molecular formula is C23H23Cl2N3O2. The van der Waals surface area contributed by atoms with Gasteiger partial charge in [0, 0.05) is 42.6 Å². The molecule has 1 amide bonds. The Morgan fingerprint density at radius 1 is 1.10 bits per heavy atom. The topological polar surface area (TPSA) is 47.4 Å². The van der Waals surface area contributed by atoms with E-state index in [0.717, 1.165) is 43.9 Å². The monoisotopic (exact) mass is 443 g/mol. The summed E-state index contributed by atoms with van der Waals surface area (Å²) in [5, 5.41) is 0.942. The first-order valence-corrected chi connectivity index (χ1v) is 10.8. The zero-order chi connectivity index (χ0) is 20.9. The summed E-state index contributed by atoms with van der Waals surface area (Å²) < 4.78 is 7.80. The van der Waals surface area contributed by atoms with Crippen molar-refractivity contribution >= 4 is 29.1 Å². The first-order chi connectivity index (χ1) is 14.6. The van der Waals surface area contributed by atoms with Crippen LogP contribution in [0.15, 0.2) is 60.9 Å². The van der Waals surface area contributed by atoms with Gasteiger partial charge in [0.05, 0.1) is 5.02 Å². The number of aromatic nitrogens is 2. The van der Waals surface area contributed by atoms with E-state index >= 15 is 0 Å². The van der Waals surface area contributed by atoms with Gasteiger partial charge in [-0.2, -0.15) is 0 Å². The Balaban J connectivity index is 1.28. The molecule has 3 aromatic rings. The van der Waals surface area contributed by atoms with E-state index < -0.39 is 0 Å². The van der Waals surface area contributed by atoms with Gasteiger partial charge in [0.1, 0.15) is 11.6 Å². The van der Waals surface area contributed by atoms with E-state index in [1.165, 1.54) is 0 Å². The Kier molecular flexibility index (Phi) is 6.60. The molecule has 0 bridgehead atoms. The fraction of sp³-hybridized carbons (Fsp3) is 0.304. The summed E-state index contributed by atoms with van der Waals surface area (Å²) in [6, 6.07) is 15.2. The Morgan fingerprint density at radius 2 is 1.87 bits per heavy atom. The molecule has 0 radical (unpaired) electrons. The van der Waals surface area contributed by atoms with Gasteiger partial charge in [-0.1, -0.05) is 53.5 Å². The van der Waals surface area contributed by atoms with Crippen molar-refractivity contribution in [3.05, 3.63) is 71.0 Å². The molecular weight excluding hydrogens is 421 g/mol. The number of nitrogens with zero attached hydrogens (tertiary/aromatic N) is 3. The summed E-state index contributed by atoms with van der Waals surface area (Å²) in [6.07, 6.45) is 5.80. The predicted octanol–water partition coefficient (Wildman–Crippen LogP) is 5.17. The van der Waals surface area contributed by atoms with E-state index in [1.54, 1.807) is 18.2 Å². The highest BCUT2D eigenvalue weighted by Gasteiger charge is 2.24. The fourth-order valence-electron chi connectivity index (χ4n) is 3.77. The van der Waals surface area contributed by atoms with Crippen LogP contribution in [0.1, 0.15) is 12.8 Å². The van der Waals surface area contributed by atoms with Crippen LogP contribution in [0.3, 0.4) is 0 Å². The van der Waals surface area contributed by atoms with Crippen molar-refractivity contribution in [3.63, 3.8) is 0 Å². The van der Waals surface area contributed by atoms with Crippen LogP contribution in [-0.4, -0.2) is 40.1 Å². The van der Waals surface area contributed by atoms with Gasteiger partial charge in [0.15, 0.2) is 6.61 Å². The Morgan fingerprint density at radius 3 is 2.60 bits per heavy atom. The lowest BCUT2D eigenvalue weighted by molar-refractivity contribution is -0.134. The highest BCUT2D eigenvalue weighted by molar-refractivity contribution is 6.35. The van der Waals surface area contributed by atoms with Crippen molar-refractivity contribution in [2.24, 2.45) is 5.92 Å². The maximum atomic E-state index is 12.5. The summed E-state index contributed by atoms with van der Waals surface area (Å²) in [4.78, 5) is 18.9. The first kappa shape index (κ1) is 20.8. The summed E-state index contributed by atoms with van der Waals surface area (Å²) in [5.74, 6) is 1.95. The van der Waals surface area contributed by atoms with Crippen LogP contribution < -0.4 is 4.74 Å². The number of ether oxygens (including phenoxy) is 1. The molecule has 30 heavy (non-hydrogen) atoms. The molecule has 1 saturated heterocycles. The fourth-order valence-corrected chi connectivity index (χ4v) is 4.23. The third-order valence-corrected chi connectivity index (χ3v) is 5.95. The number of hydrogen-bond donors (Lipinski definition) is 0. The number of benzene rings is 2. The molecule has 0 unspecified atom stereocenters. The van der Waals surface area contributed by atoms with Crippen molar-refractivity contribution in [1.82, 2.24) is 14.5 Å². The third kappa shape index (κ3) is 4.97. The number of carbonyl (C=O) groups is 1. The largest absolute Gasteiger partial charge is 0.482 e. The Labute approximate surface area is 186 Å². The van der Waals surface area contributed by atoms with E-state index in [9.17, 15) is 4.79 Å². The third-order valence-electron chi connectivity index (χ3n) is 5.41. The van der Waals surface area contributed by atoms with Crippen LogP contribution in [-0.2, 0) is 11.3 Å². The van der Waals surface area contributed by atoms with Crippen molar-refractivity contribution in [1.29, 1.82) is 0 Å². The quantitative estimate of drug-likeness (QED) is 0.527. The molecule has 2 aromatic carbocycles. The minimum absolute atomic E-state index is 0.0212. The summed E-state index contributed by atoms with van der Waals surface area (Å²) in [5.41, 5.74) is 1.12.